The lowest BCUT2D eigenvalue weighted by molar-refractivity contribution is -0.118. The number of halogens is 1. The lowest BCUT2D eigenvalue weighted by atomic mass is 9.89. The molecular weight excluding hydrogens is 326 g/mol. The summed E-state index contributed by atoms with van der Waals surface area (Å²) < 4.78 is 0.809. The van der Waals surface area contributed by atoms with Gasteiger partial charge in [-0.15, -0.1) is 6.58 Å². The predicted molar refractivity (Wildman–Crippen MR) is 91.6 cm³/mol. The first-order chi connectivity index (χ1) is 10.1. The smallest absolute Gasteiger partial charge is 0.173 e. The molecule has 1 fully saturated rings. The van der Waals surface area contributed by atoms with Gasteiger partial charge >= 0.3 is 0 Å². The van der Waals surface area contributed by atoms with Gasteiger partial charge in [-0.05, 0) is 70.4 Å². The maximum Gasteiger partial charge on any atom is 0.173 e. The predicted octanol–water partition coefficient (Wildman–Crippen LogP) is 4.70. The van der Waals surface area contributed by atoms with Gasteiger partial charge in [0.05, 0.1) is 4.48 Å². The van der Waals surface area contributed by atoms with Crippen molar-refractivity contribution >= 4 is 33.0 Å². The van der Waals surface area contributed by atoms with Gasteiger partial charge in [0.25, 0.3) is 0 Å². The maximum absolute atomic E-state index is 12.3. The van der Waals surface area contributed by atoms with Crippen LogP contribution in [0.25, 0.3) is 5.57 Å². The van der Waals surface area contributed by atoms with E-state index in [0.29, 0.717) is 11.7 Å². The first-order valence-electron chi connectivity index (χ1n) is 7.53. The lowest BCUT2D eigenvalue weighted by Crippen LogP contribution is -2.10. The second-order valence-corrected chi connectivity index (χ2v) is 6.73. The van der Waals surface area contributed by atoms with Crippen molar-refractivity contribution in [3.63, 3.8) is 0 Å². The Balaban J connectivity index is 1.95. The molecule has 2 aliphatic rings. The molecular formula is C18H20BrNO. The number of allylic oxidation sites excluding steroid dienone is 2. The monoisotopic (exact) mass is 345 g/mol. The summed E-state index contributed by atoms with van der Waals surface area (Å²) >= 11 is 3.55. The van der Waals surface area contributed by atoms with Crippen LogP contribution in [0.15, 0.2) is 35.3 Å². The summed E-state index contributed by atoms with van der Waals surface area (Å²) in [7, 11) is 0. The molecule has 1 aromatic carbocycles. The van der Waals surface area contributed by atoms with Gasteiger partial charge in [0.15, 0.2) is 5.78 Å². The summed E-state index contributed by atoms with van der Waals surface area (Å²) in [6.45, 7) is 6.59. The van der Waals surface area contributed by atoms with Gasteiger partial charge in [0, 0.05) is 18.2 Å². The zero-order valence-corrected chi connectivity index (χ0v) is 13.9. The Labute approximate surface area is 134 Å². The fourth-order valence-corrected chi connectivity index (χ4v) is 4.45. The molecule has 0 heterocycles. The summed E-state index contributed by atoms with van der Waals surface area (Å²) in [6.07, 6.45) is 5.20. The van der Waals surface area contributed by atoms with Crippen molar-refractivity contribution in [1.29, 1.82) is 0 Å². The van der Waals surface area contributed by atoms with E-state index in [0.717, 1.165) is 29.6 Å². The van der Waals surface area contributed by atoms with Gasteiger partial charge < -0.3 is 5.32 Å². The number of nitrogens with one attached hydrogen (secondary N) is 1. The number of fused-ring (bicyclic) bond motifs is 1. The Morgan fingerprint density at radius 1 is 1.38 bits per heavy atom. The zero-order chi connectivity index (χ0) is 15.0. The largest absolute Gasteiger partial charge is 0.381 e. The number of Topliss-reactive ketones (excluding diaryl/α,β-unsaturated/α-hetero) is 1. The van der Waals surface area contributed by atoms with Crippen molar-refractivity contribution < 1.29 is 4.79 Å². The van der Waals surface area contributed by atoms with E-state index < -0.39 is 0 Å². The van der Waals surface area contributed by atoms with Gasteiger partial charge in [-0.1, -0.05) is 18.6 Å². The Morgan fingerprint density at radius 3 is 2.86 bits per heavy atom. The summed E-state index contributed by atoms with van der Waals surface area (Å²) in [4.78, 5) is 12.3. The van der Waals surface area contributed by atoms with E-state index in [1.54, 1.807) is 0 Å². The Hall–Kier alpha value is -1.35. The van der Waals surface area contributed by atoms with E-state index in [1.807, 2.05) is 6.08 Å². The van der Waals surface area contributed by atoms with Crippen LogP contribution in [0.3, 0.4) is 0 Å². The van der Waals surface area contributed by atoms with Crippen LogP contribution < -0.4 is 5.32 Å². The van der Waals surface area contributed by atoms with E-state index in [4.69, 9.17) is 0 Å². The number of aryl methyl sites for hydroxylation is 1. The first kappa shape index (κ1) is 14.6. The summed E-state index contributed by atoms with van der Waals surface area (Å²) in [5.74, 6) is 0.936. The highest BCUT2D eigenvalue weighted by atomic mass is 79.9. The van der Waals surface area contributed by atoms with Gasteiger partial charge in [-0.2, -0.15) is 0 Å². The average molecular weight is 346 g/mol. The maximum atomic E-state index is 12.3. The van der Waals surface area contributed by atoms with Crippen LogP contribution in [0.1, 0.15) is 30.4 Å². The van der Waals surface area contributed by atoms with Gasteiger partial charge in [-0.3, -0.25) is 4.79 Å². The molecule has 21 heavy (non-hydrogen) atoms. The molecule has 2 atom stereocenters. The van der Waals surface area contributed by atoms with Gasteiger partial charge in [0.1, 0.15) is 0 Å². The molecule has 1 saturated carbocycles. The van der Waals surface area contributed by atoms with Gasteiger partial charge in [0.2, 0.25) is 0 Å². The van der Waals surface area contributed by atoms with Crippen LogP contribution in [-0.4, -0.2) is 12.3 Å². The Kier molecular flexibility index (Phi) is 4.03. The van der Waals surface area contributed by atoms with Crippen molar-refractivity contribution in [3.8, 4) is 0 Å². The fourth-order valence-electron chi connectivity index (χ4n) is 3.63. The molecule has 0 aliphatic heterocycles. The molecule has 2 unspecified atom stereocenters. The third-order valence-corrected chi connectivity index (χ3v) is 5.47. The third kappa shape index (κ3) is 2.48. The molecule has 0 aromatic heterocycles. The quantitative estimate of drug-likeness (QED) is 0.801. The number of hydrogen-bond acceptors (Lipinski definition) is 2. The molecule has 0 radical (unpaired) electrons. The highest BCUT2D eigenvalue weighted by molar-refractivity contribution is 9.12. The van der Waals surface area contributed by atoms with Crippen molar-refractivity contribution in [3.05, 3.63) is 46.5 Å². The van der Waals surface area contributed by atoms with Crippen LogP contribution in [-0.2, 0) is 4.79 Å². The van der Waals surface area contributed by atoms with E-state index >= 15 is 0 Å². The van der Waals surface area contributed by atoms with Crippen LogP contribution in [0.2, 0.25) is 0 Å². The number of hydrogen-bond donors (Lipinski definition) is 1. The molecule has 1 N–H and O–H groups in total. The molecule has 2 aliphatic carbocycles. The van der Waals surface area contributed by atoms with E-state index in [2.05, 4.69) is 52.9 Å². The molecule has 0 amide bonds. The number of carbonyl (C=O) groups is 1. The SMILES string of the molecule is C=CCNc1ccc(C2=C(Br)C(=O)C3CCCC23)cc1C. The molecule has 0 saturated heterocycles. The van der Waals surface area contributed by atoms with E-state index in [1.165, 1.54) is 23.1 Å². The second kappa shape index (κ2) is 5.80. The molecule has 2 nitrogen and oxygen atoms in total. The molecule has 0 bridgehead atoms. The number of benzene rings is 1. The molecule has 3 rings (SSSR count). The van der Waals surface area contributed by atoms with Crippen molar-refractivity contribution in [2.75, 3.05) is 11.9 Å². The minimum atomic E-state index is 0.216. The van der Waals surface area contributed by atoms with Crippen molar-refractivity contribution in [2.45, 2.75) is 26.2 Å². The van der Waals surface area contributed by atoms with Crippen LogP contribution in [0.4, 0.5) is 5.69 Å². The number of ketones is 1. The number of carbonyl (C=O) groups excluding carboxylic acids is 1. The fraction of sp³-hybridized carbons (Fsp3) is 0.389. The first-order valence-corrected chi connectivity index (χ1v) is 8.32. The Morgan fingerprint density at radius 2 is 2.14 bits per heavy atom. The van der Waals surface area contributed by atoms with E-state index in [-0.39, 0.29) is 5.92 Å². The number of anilines is 1. The van der Waals surface area contributed by atoms with Crippen LogP contribution in [0.5, 0.6) is 0 Å². The van der Waals surface area contributed by atoms with Gasteiger partial charge in [-0.25, -0.2) is 0 Å². The Bertz CT molecular complexity index is 632. The standard InChI is InChI=1S/C18H20BrNO/c1-3-9-20-15-8-7-12(10-11(15)2)16-13-5-4-6-14(13)18(21)17(16)19/h3,7-8,10,13-14,20H,1,4-6,9H2,2H3. The van der Waals surface area contributed by atoms with E-state index in [9.17, 15) is 4.79 Å². The molecule has 1 aromatic rings. The summed E-state index contributed by atoms with van der Waals surface area (Å²) in [5, 5.41) is 3.33. The lowest BCUT2D eigenvalue weighted by Gasteiger charge is -2.15. The van der Waals surface area contributed by atoms with Crippen molar-refractivity contribution in [2.24, 2.45) is 11.8 Å². The average Bonchev–Trinajstić information content (AvgIpc) is 3.02. The second-order valence-electron chi connectivity index (χ2n) is 5.94. The van der Waals surface area contributed by atoms with Crippen molar-refractivity contribution in [1.82, 2.24) is 0 Å². The minimum absolute atomic E-state index is 0.216. The minimum Gasteiger partial charge on any atom is -0.381 e. The topological polar surface area (TPSA) is 29.1 Å². The molecule has 110 valence electrons. The molecule has 3 heteroatoms. The van der Waals surface area contributed by atoms with Crippen LogP contribution in [0, 0.1) is 18.8 Å². The molecule has 0 spiro atoms. The third-order valence-electron chi connectivity index (χ3n) is 4.65. The summed E-state index contributed by atoms with van der Waals surface area (Å²) in [6, 6.07) is 6.42. The van der Waals surface area contributed by atoms with Crippen LogP contribution >= 0.6 is 15.9 Å². The summed E-state index contributed by atoms with van der Waals surface area (Å²) in [5.41, 5.74) is 4.74. The highest BCUT2D eigenvalue weighted by Crippen LogP contribution is 2.51. The highest BCUT2D eigenvalue weighted by Gasteiger charge is 2.43. The zero-order valence-electron chi connectivity index (χ0n) is 12.3. The number of rotatable bonds is 4. The normalized spacial score (nSPS) is 24.4.